The van der Waals surface area contributed by atoms with Gasteiger partial charge in [-0.1, -0.05) is 140 Å². The summed E-state index contributed by atoms with van der Waals surface area (Å²) >= 11 is 0. The molecule has 5 nitrogen and oxygen atoms in total. The molecule has 6 rings (SSSR count). The van der Waals surface area contributed by atoms with Crippen molar-refractivity contribution < 1.29 is 9.90 Å². The summed E-state index contributed by atoms with van der Waals surface area (Å²) in [6.07, 6.45) is 15.8. The molecule has 6 aromatic rings. The molecule has 256 valence electrons. The number of carbonyl (C=O) groups is 1. The van der Waals surface area contributed by atoms with Crippen molar-refractivity contribution in [2.75, 3.05) is 9.80 Å². The maximum absolute atomic E-state index is 10.8. The molecule has 0 unspecified atom stereocenters. The van der Waals surface area contributed by atoms with Crippen molar-refractivity contribution in [3.8, 4) is 17.2 Å². The van der Waals surface area contributed by atoms with E-state index in [0.29, 0.717) is 0 Å². The quantitative estimate of drug-likeness (QED) is 0.0743. The van der Waals surface area contributed by atoms with Gasteiger partial charge in [-0.3, -0.25) is 0 Å². The minimum Gasteiger partial charge on any atom is -0.477 e. The fourth-order valence-electron chi connectivity index (χ4n) is 5.76. The van der Waals surface area contributed by atoms with Crippen LogP contribution in [-0.2, 0) is 4.79 Å². The van der Waals surface area contributed by atoms with Gasteiger partial charge in [0.2, 0.25) is 0 Å². The van der Waals surface area contributed by atoms with E-state index < -0.39 is 5.97 Å². The van der Waals surface area contributed by atoms with Gasteiger partial charge in [0, 0.05) is 34.1 Å². The van der Waals surface area contributed by atoms with E-state index in [9.17, 15) is 4.79 Å². The predicted molar refractivity (Wildman–Crippen MR) is 219 cm³/mol. The van der Waals surface area contributed by atoms with Gasteiger partial charge in [0.05, 0.1) is 0 Å². The molecule has 0 aliphatic rings. The SMILES string of the molecule is N#C\C(=C/C=C/C=C/C=C/C=C/c1ccc(N(c2ccccc2)c2ccc(-c3ccc(N(c4ccccc4)c4ccccc4)cc3)cc2)cc1)C(=O)O. The molecule has 0 atom stereocenters. The summed E-state index contributed by atoms with van der Waals surface area (Å²) in [5.41, 5.74) is 9.54. The predicted octanol–water partition coefficient (Wildman–Crippen LogP) is 12.5. The molecular weight excluding hydrogens is 651 g/mol. The molecule has 1 N–H and O–H groups in total. The van der Waals surface area contributed by atoms with Crippen LogP contribution in [-0.4, -0.2) is 11.1 Å². The lowest BCUT2D eigenvalue weighted by molar-refractivity contribution is -0.132. The van der Waals surface area contributed by atoms with E-state index in [1.807, 2.05) is 48.6 Å². The monoisotopic (exact) mass is 687 g/mol. The van der Waals surface area contributed by atoms with E-state index in [1.165, 1.54) is 12.2 Å². The number of carboxylic acid groups (broad SMARTS) is 1. The van der Waals surface area contributed by atoms with Crippen molar-refractivity contribution in [3.05, 3.63) is 224 Å². The maximum Gasteiger partial charge on any atom is 0.346 e. The first kappa shape index (κ1) is 35.4. The van der Waals surface area contributed by atoms with Gasteiger partial charge in [-0.05, 0) is 95.6 Å². The number of carboxylic acids is 1. The van der Waals surface area contributed by atoms with Crippen LogP contribution < -0.4 is 9.80 Å². The van der Waals surface area contributed by atoms with Crippen LogP contribution in [0.25, 0.3) is 17.2 Å². The molecule has 0 bridgehead atoms. The average Bonchev–Trinajstić information content (AvgIpc) is 3.21. The molecule has 0 fully saturated rings. The van der Waals surface area contributed by atoms with Crippen LogP contribution in [0.3, 0.4) is 0 Å². The molecule has 0 spiro atoms. The summed E-state index contributed by atoms with van der Waals surface area (Å²) in [5, 5.41) is 17.6. The van der Waals surface area contributed by atoms with Gasteiger partial charge in [-0.25, -0.2) is 4.79 Å². The fraction of sp³-hybridized carbons (Fsp3) is 0. The number of nitriles is 1. The minimum absolute atomic E-state index is 0.308. The highest BCUT2D eigenvalue weighted by atomic mass is 16.4. The number of hydrogen-bond acceptors (Lipinski definition) is 4. The smallest absolute Gasteiger partial charge is 0.346 e. The Hall–Kier alpha value is -7.42. The summed E-state index contributed by atoms with van der Waals surface area (Å²) in [6, 6.07) is 58.7. The van der Waals surface area contributed by atoms with Crippen molar-refractivity contribution >= 4 is 46.2 Å². The number of allylic oxidation sites excluding steroid dienone is 8. The van der Waals surface area contributed by atoms with Gasteiger partial charge in [0.15, 0.2) is 0 Å². The second-order valence-electron chi connectivity index (χ2n) is 11.9. The Morgan fingerprint density at radius 3 is 1.17 bits per heavy atom. The number of aliphatic carboxylic acids is 1. The molecule has 0 aliphatic carbocycles. The molecule has 0 heterocycles. The van der Waals surface area contributed by atoms with Gasteiger partial charge in [-0.2, -0.15) is 5.26 Å². The molecule has 5 heteroatoms. The molecule has 0 aromatic heterocycles. The van der Waals surface area contributed by atoms with Crippen molar-refractivity contribution in [3.63, 3.8) is 0 Å². The zero-order chi connectivity index (χ0) is 36.7. The Morgan fingerprint density at radius 1 is 0.453 bits per heavy atom. The van der Waals surface area contributed by atoms with E-state index in [4.69, 9.17) is 10.4 Å². The van der Waals surface area contributed by atoms with Crippen LogP contribution in [0.2, 0.25) is 0 Å². The highest BCUT2D eigenvalue weighted by Crippen LogP contribution is 2.37. The van der Waals surface area contributed by atoms with E-state index in [2.05, 4.69) is 155 Å². The fourth-order valence-corrected chi connectivity index (χ4v) is 5.76. The molecule has 0 aliphatic heterocycles. The van der Waals surface area contributed by atoms with Crippen LogP contribution in [0, 0.1) is 11.3 Å². The van der Waals surface area contributed by atoms with Crippen LogP contribution in [0.15, 0.2) is 218 Å². The van der Waals surface area contributed by atoms with Gasteiger partial charge in [0.25, 0.3) is 0 Å². The lowest BCUT2D eigenvalue weighted by Gasteiger charge is -2.26. The van der Waals surface area contributed by atoms with Gasteiger partial charge in [0.1, 0.15) is 11.6 Å². The van der Waals surface area contributed by atoms with Crippen molar-refractivity contribution in [2.45, 2.75) is 0 Å². The summed E-state index contributed by atoms with van der Waals surface area (Å²) < 4.78 is 0. The lowest BCUT2D eigenvalue weighted by Crippen LogP contribution is -2.09. The molecule has 0 amide bonds. The Morgan fingerprint density at radius 2 is 0.792 bits per heavy atom. The topological polar surface area (TPSA) is 67.6 Å². The highest BCUT2D eigenvalue weighted by molar-refractivity contribution is 5.91. The molecule has 0 saturated carbocycles. The van der Waals surface area contributed by atoms with Crippen molar-refractivity contribution in [1.29, 1.82) is 5.26 Å². The zero-order valence-corrected chi connectivity index (χ0v) is 29.0. The number of benzene rings is 6. The second-order valence-corrected chi connectivity index (χ2v) is 11.9. The molecule has 6 aromatic carbocycles. The molecule has 0 radical (unpaired) electrons. The number of nitrogens with zero attached hydrogens (tertiary/aromatic N) is 3. The van der Waals surface area contributed by atoms with Gasteiger partial charge >= 0.3 is 5.97 Å². The Kier molecular flexibility index (Phi) is 12.0. The normalized spacial score (nSPS) is 11.7. The van der Waals surface area contributed by atoms with Crippen LogP contribution in [0.1, 0.15) is 5.56 Å². The average molecular weight is 688 g/mol. The first-order valence-electron chi connectivity index (χ1n) is 17.2. The first-order chi connectivity index (χ1) is 26.1. The van der Waals surface area contributed by atoms with Crippen LogP contribution >= 0.6 is 0 Å². The highest BCUT2D eigenvalue weighted by Gasteiger charge is 2.14. The van der Waals surface area contributed by atoms with Gasteiger partial charge < -0.3 is 14.9 Å². The zero-order valence-electron chi connectivity index (χ0n) is 29.0. The number of hydrogen-bond donors (Lipinski definition) is 1. The van der Waals surface area contributed by atoms with E-state index in [1.54, 1.807) is 18.2 Å². The minimum atomic E-state index is -1.24. The summed E-state index contributed by atoms with van der Waals surface area (Å²) in [4.78, 5) is 15.4. The van der Waals surface area contributed by atoms with Crippen LogP contribution in [0.5, 0.6) is 0 Å². The number of para-hydroxylation sites is 3. The number of rotatable bonds is 13. The summed E-state index contributed by atoms with van der Waals surface area (Å²) in [5.74, 6) is -1.24. The summed E-state index contributed by atoms with van der Waals surface area (Å²) in [7, 11) is 0. The third kappa shape index (κ3) is 9.43. The molecular formula is C48H37N3O2. The second kappa shape index (κ2) is 18.0. The largest absolute Gasteiger partial charge is 0.477 e. The van der Waals surface area contributed by atoms with E-state index in [-0.39, 0.29) is 5.57 Å². The summed E-state index contributed by atoms with van der Waals surface area (Å²) in [6.45, 7) is 0. The maximum atomic E-state index is 10.8. The Balaban J connectivity index is 1.16. The Labute approximate surface area is 311 Å². The number of anilines is 6. The van der Waals surface area contributed by atoms with E-state index in [0.717, 1.165) is 50.8 Å². The Bertz CT molecular complexity index is 2240. The first-order valence-corrected chi connectivity index (χ1v) is 17.2. The molecule has 53 heavy (non-hydrogen) atoms. The lowest BCUT2D eigenvalue weighted by atomic mass is 10.0. The van der Waals surface area contributed by atoms with E-state index >= 15 is 0 Å². The van der Waals surface area contributed by atoms with Gasteiger partial charge in [-0.15, -0.1) is 0 Å². The van der Waals surface area contributed by atoms with Crippen molar-refractivity contribution in [2.24, 2.45) is 0 Å². The third-order valence-corrected chi connectivity index (χ3v) is 8.35. The van der Waals surface area contributed by atoms with Crippen molar-refractivity contribution in [1.82, 2.24) is 0 Å². The standard InChI is InChI=1S/C48H37N3O2/c49-37-41(48(52)53)18-10-5-3-1-2-4-9-17-38-25-31-45(32-26-38)51(44-23-15-8-16-24-44)47-35-29-40(30-36-47)39-27-33-46(34-28-39)50(42-19-11-6-12-20-42)43-21-13-7-14-22-43/h1-36H,(H,52,53)/b3-1+,4-2+,10-5+,17-9+,41-18+. The molecule has 0 saturated heterocycles. The van der Waals surface area contributed by atoms with Crippen LogP contribution in [0.4, 0.5) is 34.1 Å². The third-order valence-electron chi connectivity index (χ3n) is 8.35.